The summed E-state index contributed by atoms with van der Waals surface area (Å²) in [6.07, 6.45) is 2.52. The third-order valence-electron chi connectivity index (χ3n) is 1.56. The zero-order valence-electron chi connectivity index (χ0n) is 7.86. The molecule has 1 rings (SSSR count). The first-order valence-electron chi connectivity index (χ1n) is 4.25. The van der Waals surface area contributed by atoms with Gasteiger partial charge in [0.25, 0.3) is 0 Å². The van der Waals surface area contributed by atoms with E-state index in [0.29, 0.717) is 24.3 Å². The largest absolute Gasteiger partial charge is 0.466 e. The van der Waals surface area contributed by atoms with Gasteiger partial charge in [-0.2, -0.15) is 0 Å². The van der Waals surface area contributed by atoms with Gasteiger partial charge in [-0.1, -0.05) is 0 Å². The van der Waals surface area contributed by atoms with Gasteiger partial charge in [-0.15, -0.1) is 11.3 Å². The number of hydrogen-bond donors (Lipinski definition) is 0. The summed E-state index contributed by atoms with van der Waals surface area (Å²) in [5.74, 6) is -0.255. The second kappa shape index (κ2) is 5.49. The maximum Gasteiger partial charge on any atom is 0.302 e. The molecule has 5 heteroatoms. The van der Waals surface area contributed by atoms with Crippen molar-refractivity contribution >= 4 is 23.1 Å². The normalized spacial score (nSPS) is 9.79. The van der Waals surface area contributed by atoms with E-state index in [4.69, 9.17) is 4.74 Å². The molecular formula is C9H11NO3S. The van der Waals surface area contributed by atoms with Crippen LogP contribution in [0.5, 0.6) is 0 Å². The average molecular weight is 213 g/mol. The highest BCUT2D eigenvalue weighted by Crippen LogP contribution is 2.09. The van der Waals surface area contributed by atoms with Gasteiger partial charge >= 0.3 is 5.97 Å². The van der Waals surface area contributed by atoms with Gasteiger partial charge < -0.3 is 4.74 Å². The Labute approximate surface area is 85.9 Å². The van der Waals surface area contributed by atoms with Crippen LogP contribution in [0.3, 0.4) is 0 Å². The van der Waals surface area contributed by atoms with Crippen molar-refractivity contribution in [2.45, 2.75) is 19.8 Å². The number of hydrogen-bond acceptors (Lipinski definition) is 5. The van der Waals surface area contributed by atoms with Crippen LogP contribution in [0.25, 0.3) is 0 Å². The van der Waals surface area contributed by atoms with Crippen LogP contribution in [0.4, 0.5) is 0 Å². The number of rotatable bonds is 5. The zero-order valence-corrected chi connectivity index (χ0v) is 8.67. The Hall–Kier alpha value is -1.23. The van der Waals surface area contributed by atoms with Crippen molar-refractivity contribution in [1.29, 1.82) is 0 Å². The predicted molar refractivity (Wildman–Crippen MR) is 52.3 cm³/mol. The molecule has 0 atom stereocenters. The highest BCUT2D eigenvalue weighted by Gasteiger charge is 2.06. The summed E-state index contributed by atoms with van der Waals surface area (Å²) in [6, 6.07) is 0. The Morgan fingerprint density at radius 1 is 1.57 bits per heavy atom. The van der Waals surface area contributed by atoms with Crippen molar-refractivity contribution in [3.05, 3.63) is 16.6 Å². The molecule has 0 spiro atoms. The average Bonchev–Trinajstić information content (AvgIpc) is 2.64. The van der Waals surface area contributed by atoms with Gasteiger partial charge in [0.05, 0.1) is 17.0 Å². The topological polar surface area (TPSA) is 56.3 Å². The molecule has 0 aliphatic rings. The molecule has 0 aliphatic heterocycles. The minimum atomic E-state index is -0.310. The number of carbonyl (C=O) groups excluding carboxylic acids is 2. The molecule has 14 heavy (non-hydrogen) atoms. The van der Waals surface area contributed by atoms with E-state index in [1.165, 1.54) is 18.3 Å². The van der Waals surface area contributed by atoms with Crippen molar-refractivity contribution in [3.8, 4) is 0 Å². The van der Waals surface area contributed by atoms with Gasteiger partial charge in [0.2, 0.25) is 0 Å². The van der Waals surface area contributed by atoms with Crippen molar-refractivity contribution < 1.29 is 14.3 Å². The fourth-order valence-corrected chi connectivity index (χ4v) is 1.52. The number of ether oxygens (including phenoxy) is 1. The van der Waals surface area contributed by atoms with E-state index in [1.54, 1.807) is 11.7 Å². The van der Waals surface area contributed by atoms with Crippen LogP contribution in [0.2, 0.25) is 0 Å². The van der Waals surface area contributed by atoms with Crippen LogP contribution < -0.4 is 0 Å². The van der Waals surface area contributed by atoms with E-state index >= 15 is 0 Å². The SMILES string of the molecule is CC(=O)OCCCC(=O)c1cncs1. The van der Waals surface area contributed by atoms with Gasteiger partial charge in [-0.25, -0.2) is 0 Å². The first-order chi connectivity index (χ1) is 6.70. The number of carbonyl (C=O) groups is 2. The van der Waals surface area contributed by atoms with Crippen LogP contribution in [0, 0.1) is 0 Å². The molecule has 0 bridgehead atoms. The molecule has 0 fully saturated rings. The minimum absolute atomic E-state index is 0.0552. The Morgan fingerprint density at radius 2 is 2.36 bits per heavy atom. The molecule has 0 N–H and O–H groups in total. The Morgan fingerprint density at radius 3 is 2.93 bits per heavy atom. The van der Waals surface area contributed by atoms with Crippen molar-refractivity contribution in [1.82, 2.24) is 4.98 Å². The molecule has 0 amide bonds. The summed E-state index contributed by atoms with van der Waals surface area (Å²) >= 11 is 1.33. The first kappa shape index (κ1) is 10.8. The van der Waals surface area contributed by atoms with Crippen LogP contribution in [-0.4, -0.2) is 23.3 Å². The Bertz CT molecular complexity index is 308. The number of ketones is 1. The standard InChI is InChI=1S/C9H11NO3S/c1-7(11)13-4-2-3-8(12)9-5-10-6-14-9/h5-6H,2-4H2,1H3. The van der Waals surface area contributed by atoms with E-state index in [-0.39, 0.29) is 11.8 Å². The third kappa shape index (κ3) is 3.66. The molecular weight excluding hydrogens is 202 g/mol. The van der Waals surface area contributed by atoms with E-state index in [0.717, 1.165) is 0 Å². The van der Waals surface area contributed by atoms with Crippen molar-refractivity contribution in [3.63, 3.8) is 0 Å². The third-order valence-corrected chi connectivity index (χ3v) is 2.37. The molecule has 1 aromatic rings. The van der Waals surface area contributed by atoms with Crippen molar-refractivity contribution in [2.24, 2.45) is 0 Å². The quantitative estimate of drug-likeness (QED) is 0.424. The number of nitrogens with zero attached hydrogens (tertiary/aromatic N) is 1. The molecule has 0 radical (unpaired) electrons. The first-order valence-corrected chi connectivity index (χ1v) is 5.13. The van der Waals surface area contributed by atoms with Crippen molar-refractivity contribution in [2.75, 3.05) is 6.61 Å². The van der Waals surface area contributed by atoms with Gasteiger partial charge in [-0.3, -0.25) is 14.6 Å². The summed E-state index contributed by atoms with van der Waals surface area (Å²) in [5.41, 5.74) is 1.62. The van der Waals surface area contributed by atoms with E-state index in [9.17, 15) is 9.59 Å². The molecule has 0 saturated heterocycles. The van der Waals surface area contributed by atoms with Crippen LogP contribution in [0.1, 0.15) is 29.4 Å². The zero-order chi connectivity index (χ0) is 10.4. The smallest absolute Gasteiger partial charge is 0.302 e. The fraction of sp³-hybridized carbons (Fsp3) is 0.444. The molecule has 76 valence electrons. The lowest BCUT2D eigenvalue weighted by Gasteiger charge is -1.99. The lowest BCUT2D eigenvalue weighted by atomic mass is 10.2. The Kier molecular flexibility index (Phi) is 4.25. The monoisotopic (exact) mass is 213 g/mol. The van der Waals surface area contributed by atoms with E-state index in [1.807, 2.05) is 0 Å². The molecule has 4 nitrogen and oxygen atoms in total. The minimum Gasteiger partial charge on any atom is -0.466 e. The molecule has 1 heterocycles. The van der Waals surface area contributed by atoms with Gasteiger partial charge in [0.1, 0.15) is 0 Å². The van der Waals surface area contributed by atoms with Crippen LogP contribution in [0.15, 0.2) is 11.7 Å². The molecule has 0 aromatic carbocycles. The highest BCUT2D eigenvalue weighted by molar-refractivity contribution is 7.11. The van der Waals surface area contributed by atoms with Gasteiger partial charge in [0, 0.05) is 19.5 Å². The fourth-order valence-electron chi connectivity index (χ4n) is 0.925. The summed E-state index contributed by atoms with van der Waals surface area (Å²) in [6.45, 7) is 1.66. The van der Waals surface area contributed by atoms with E-state index in [2.05, 4.69) is 4.98 Å². The van der Waals surface area contributed by atoms with Gasteiger partial charge in [-0.05, 0) is 6.42 Å². The maximum atomic E-state index is 11.4. The number of thiazole rings is 1. The lowest BCUT2D eigenvalue weighted by Crippen LogP contribution is -2.03. The maximum absolute atomic E-state index is 11.4. The van der Waals surface area contributed by atoms with Crippen LogP contribution in [-0.2, 0) is 9.53 Å². The summed E-state index contributed by atoms with van der Waals surface area (Å²) in [4.78, 5) is 26.3. The summed E-state index contributed by atoms with van der Waals surface area (Å²) in [5, 5.41) is 0. The van der Waals surface area contributed by atoms with Gasteiger partial charge in [0.15, 0.2) is 5.78 Å². The lowest BCUT2D eigenvalue weighted by molar-refractivity contribution is -0.141. The molecule has 0 saturated carbocycles. The van der Waals surface area contributed by atoms with E-state index < -0.39 is 0 Å². The molecule has 0 aliphatic carbocycles. The number of Topliss-reactive ketones (excluding diaryl/α,β-unsaturated/α-hetero) is 1. The Balaban J connectivity index is 2.19. The van der Waals surface area contributed by atoms with Crippen LogP contribution >= 0.6 is 11.3 Å². The number of esters is 1. The molecule has 0 unspecified atom stereocenters. The highest BCUT2D eigenvalue weighted by atomic mass is 32.1. The second-order valence-corrected chi connectivity index (χ2v) is 3.62. The second-order valence-electron chi connectivity index (χ2n) is 2.73. The summed E-state index contributed by atoms with van der Waals surface area (Å²) in [7, 11) is 0. The summed E-state index contributed by atoms with van der Waals surface area (Å²) < 4.78 is 4.71. The number of aromatic nitrogens is 1. The molecule has 1 aromatic heterocycles. The predicted octanol–water partition coefficient (Wildman–Crippen LogP) is 1.67.